The quantitative estimate of drug-likeness (QED) is 0.851. The van der Waals surface area contributed by atoms with E-state index in [9.17, 15) is 4.79 Å². The molecule has 0 radical (unpaired) electrons. The van der Waals surface area contributed by atoms with Crippen LogP contribution < -0.4 is 0 Å². The Kier molecular flexibility index (Phi) is 3.87. The second-order valence-electron chi connectivity index (χ2n) is 7.19. The molecule has 4 rings (SSSR count). The van der Waals surface area contributed by atoms with E-state index in [1.807, 2.05) is 18.2 Å². The molecule has 2 saturated heterocycles. The van der Waals surface area contributed by atoms with E-state index in [4.69, 9.17) is 11.6 Å². The van der Waals surface area contributed by atoms with Gasteiger partial charge in [0.05, 0.1) is 6.04 Å². The first-order valence-electron chi connectivity index (χ1n) is 8.46. The van der Waals surface area contributed by atoms with Gasteiger partial charge in [0.2, 0.25) is 5.91 Å². The van der Waals surface area contributed by atoms with Crippen molar-refractivity contribution in [1.82, 2.24) is 9.80 Å². The Hall–Kier alpha value is -1.06. The molecule has 1 saturated carbocycles. The summed E-state index contributed by atoms with van der Waals surface area (Å²) in [7, 11) is 0. The van der Waals surface area contributed by atoms with Gasteiger partial charge < -0.3 is 4.90 Å². The molecule has 0 aromatic heterocycles. The predicted molar refractivity (Wildman–Crippen MR) is 87.7 cm³/mol. The molecule has 22 heavy (non-hydrogen) atoms. The fourth-order valence-corrected chi connectivity index (χ4v) is 4.17. The zero-order valence-electron chi connectivity index (χ0n) is 12.9. The third kappa shape index (κ3) is 3.02. The molecule has 2 aliphatic heterocycles. The lowest BCUT2D eigenvalue weighted by Crippen LogP contribution is -2.58. The lowest BCUT2D eigenvalue weighted by Gasteiger charge is -2.46. The molecule has 1 amide bonds. The maximum absolute atomic E-state index is 12.8. The van der Waals surface area contributed by atoms with Gasteiger partial charge in [0.15, 0.2) is 0 Å². The summed E-state index contributed by atoms with van der Waals surface area (Å²) in [6.45, 7) is 3.86. The Morgan fingerprint density at radius 3 is 2.86 bits per heavy atom. The molecule has 0 N–H and O–H groups in total. The number of hydrogen-bond acceptors (Lipinski definition) is 2. The molecule has 2 heterocycles. The van der Waals surface area contributed by atoms with E-state index >= 15 is 0 Å². The summed E-state index contributed by atoms with van der Waals surface area (Å²) in [5, 5.41) is 0.776. The van der Waals surface area contributed by atoms with Crippen molar-refractivity contribution in [2.24, 2.45) is 11.8 Å². The smallest absolute Gasteiger partial charge is 0.239 e. The first-order chi connectivity index (χ1) is 10.7. The minimum Gasteiger partial charge on any atom is -0.341 e. The maximum Gasteiger partial charge on any atom is 0.239 e. The Balaban J connectivity index is 1.48. The summed E-state index contributed by atoms with van der Waals surface area (Å²) in [5.41, 5.74) is 1.21. The molecule has 1 aromatic rings. The monoisotopic (exact) mass is 318 g/mol. The number of benzene rings is 1. The lowest BCUT2D eigenvalue weighted by atomic mass is 9.85. The molecule has 2 atom stereocenters. The number of halogens is 1. The van der Waals surface area contributed by atoms with E-state index in [0.29, 0.717) is 11.8 Å². The largest absolute Gasteiger partial charge is 0.341 e. The van der Waals surface area contributed by atoms with Crippen molar-refractivity contribution in [3.8, 4) is 0 Å². The van der Waals surface area contributed by atoms with Crippen LogP contribution in [0.1, 0.15) is 31.2 Å². The van der Waals surface area contributed by atoms with Crippen molar-refractivity contribution in [2.45, 2.75) is 38.3 Å². The van der Waals surface area contributed by atoms with Crippen LogP contribution in [0, 0.1) is 11.8 Å². The number of fused-ring (bicyclic) bond motifs is 2. The first-order valence-corrected chi connectivity index (χ1v) is 8.84. The highest BCUT2D eigenvalue weighted by molar-refractivity contribution is 6.30. The fourth-order valence-electron chi connectivity index (χ4n) is 3.96. The number of nitrogens with zero attached hydrogens (tertiary/aromatic N) is 2. The molecule has 1 aliphatic carbocycles. The van der Waals surface area contributed by atoms with Gasteiger partial charge in [-0.2, -0.15) is 0 Å². The molecular weight excluding hydrogens is 296 g/mol. The van der Waals surface area contributed by atoms with Crippen LogP contribution >= 0.6 is 11.6 Å². The average Bonchev–Trinajstić information content (AvgIpc) is 3.31. The molecule has 3 nitrogen and oxygen atoms in total. The molecule has 118 valence electrons. The maximum atomic E-state index is 12.8. The SMILES string of the molecule is O=C1[C@H]2C[C@H](CCN2Cc2cccc(Cl)c2)CN1CC1CC1. The second kappa shape index (κ2) is 5.86. The number of carbonyl (C=O) groups excluding carboxylic acids is 1. The zero-order chi connectivity index (χ0) is 15.1. The van der Waals surface area contributed by atoms with Crippen LogP contribution in [0.2, 0.25) is 5.02 Å². The van der Waals surface area contributed by atoms with Gasteiger partial charge in [0.1, 0.15) is 0 Å². The summed E-state index contributed by atoms with van der Waals surface area (Å²) in [5.74, 6) is 1.85. The van der Waals surface area contributed by atoms with Crippen molar-refractivity contribution in [3.63, 3.8) is 0 Å². The van der Waals surface area contributed by atoms with Crippen molar-refractivity contribution in [3.05, 3.63) is 34.9 Å². The minimum atomic E-state index is 0.0882. The van der Waals surface area contributed by atoms with Crippen LogP contribution in [0.25, 0.3) is 0 Å². The molecule has 0 spiro atoms. The van der Waals surface area contributed by atoms with Crippen molar-refractivity contribution >= 4 is 17.5 Å². The highest BCUT2D eigenvalue weighted by Gasteiger charge is 2.42. The van der Waals surface area contributed by atoms with Crippen LogP contribution in [0.4, 0.5) is 0 Å². The number of carbonyl (C=O) groups is 1. The number of piperidine rings is 2. The van der Waals surface area contributed by atoms with Crippen LogP contribution in [0.15, 0.2) is 24.3 Å². The first kappa shape index (κ1) is 14.5. The van der Waals surface area contributed by atoms with E-state index in [-0.39, 0.29) is 6.04 Å². The average molecular weight is 319 g/mol. The van der Waals surface area contributed by atoms with Gasteiger partial charge in [-0.25, -0.2) is 0 Å². The Morgan fingerprint density at radius 1 is 1.23 bits per heavy atom. The van der Waals surface area contributed by atoms with Crippen molar-refractivity contribution < 1.29 is 4.79 Å². The number of hydrogen-bond donors (Lipinski definition) is 0. The summed E-state index contributed by atoms with van der Waals surface area (Å²) in [4.78, 5) is 17.3. The second-order valence-corrected chi connectivity index (χ2v) is 7.63. The van der Waals surface area contributed by atoms with Crippen LogP contribution in [-0.4, -0.2) is 41.4 Å². The number of rotatable bonds is 4. The van der Waals surface area contributed by atoms with Crippen molar-refractivity contribution in [2.75, 3.05) is 19.6 Å². The van der Waals surface area contributed by atoms with Gasteiger partial charge in [-0.1, -0.05) is 23.7 Å². The van der Waals surface area contributed by atoms with Gasteiger partial charge in [0.25, 0.3) is 0 Å². The summed E-state index contributed by atoms with van der Waals surface area (Å²) >= 11 is 6.09. The summed E-state index contributed by atoms with van der Waals surface area (Å²) < 4.78 is 0. The van der Waals surface area contributed by atoms with E-state index in [1.165, 1.54) is 24.8 Å². The molecule has 3 aliphatic rings. The van der Waals surface area contributed by atoms with E-state index in [0.717, 1.165) is 43.5 Å². The third-order valence-corrected chi connectivity index (χ3v) is 5.58. The van der Waals surface area contributed by atoms with Gasteiger partial charge >= 0.3 is 0 Å². The van der Waals surface area contributed by atoms with Gasteiger partial charge in [-0.05, 0) is 61.8 Å². The van der Waals surface area contributed by atoms with Crippen LogP contribution in [0.3, 0.4) is 0 Å². The van der Waals surface area contributed by atoms with Crippen LogP contribution in [-0.2, 0) is 11.3 Å². The molecule has 0 unspecified atom stereocenters. The standard InChI is InChI=1S/C18H23ClN2O/c19-16-3-1-2-14(8-16)11-20-7-6-15-9-17(20)18(22)21(12-15)10-13-4-5-13/h1-3,8,13,15,17H,4-7,9-12H2/t15-,17+/m0/s1. The minimum absolute atomic E-state index is 0.0882. The van der Waals surface area contributed by atoms with Crippen molar-refractivity contribution in [1.29, 1.82) is 0 Å². The highest BCUT2D eigenvalue weighted by atomic mass is 35.5. The topological polar surface area (TPSA) is 23.6 Å². The normalized spacial score (nSPS) is 29.0. The van der Waals surface area contributed by atoms with E-state index in [2.05, 4.69) is 15.9 Å². The third-order valence-electron chi connectivity index (χ3n) is 5.35. The van der Waals surface area contributed by atoms with Gasteiger partial charge in [-0.3, -0.25) is 9.69 Å². The van der Waals surface area contributed by atoms with Gasteiger partial charge in [-0.15, -0.1) is 0 Å². The Bertz CT molecular complexity index is 572. The zero-order valence-corrected chi connectivity index (χ0v) is 13.6. The molecule has 1 aromatic carbocycles. The Labute approximate surface area is 137 Å². The fraction of sp³-hybridized carbons (Fsp3) is 0.611. The number of likely N-dealkylation sites (tertiary alicyclic amines) is 2. The Morgan fingerprint density at radius 2 is 2.09 bits per heavy atom. The summed E-state index contributed by atoms with van der Waals surface area (Å²) in [6.07, 6.45) is 4.88. The molecule has 2 bridgehead atoms. The molecule has 3 fully saturated rings. The molecular formula is C18H23ClN2O. The molecule has 4 heteroatoms. The van der Waals surface area contributed by atoms with Gasteiger partial charge in [0, 0.05) is 24.7 Å². The van der Waals surface area contributed by atoms with E-state index < -0.39 is 0 Å². The lowest BCUT2D eigenvalue weighted by molar-refractivity contribution is -0.146. The number of amides is 1. The summed E-state index contributed by atoms with van der Waals surface area (Å²) in [6, 6.07) is 8.11. The van der Waals surface area contributed by atoms with E-state index in [1.54, 1.807) is 0 Å². The predicted octanol–water partition coefficient (Wildman–Crippen LogP) is 3.17. The highest BCUT2D eigenvalue weighted by Crippen LogP contribution is 2.35. The van der Waals surface area contributed by atoms with Crippen LogP contribution in [0.5, 0.6) is 0 Å².